The summed E-state index contributed by atoms with van der Waals surface area (Å²) in [7, 11) is 0. The molecule has 0 spiro atoms. The molecule has 2 aromatic rings. The summed E-state index contributed by atoms with van der Waals surface area (Å²) in [6, 6.07) is 6.65. The van der Waals surface area contributed by atoms with Gasteiger partial charge in [0.1, 0.15) is 5.75 Å². The minimum absolute atomic E-state index is 0.143. The summed E-state index contributed by atoms with van der Waals surface area (Å²) in [5.74, 6) is 1.09. The van der Waals surface area contributed by atoms with Crippen molar-refractivity contribution in [2.75, 3.05) is 24.7 Å². The number of fused-ring (bicyclic) bond motifs is 1. The van der Waals surface area contributed by atoms with E-state index in [1.54, 1.807) is 0 Å². The summed E-state index contributed by atoms with van der Waals surface area (Å²) >= 11 is 0. The number of esters is 1. The second-order valence-electron chi connectivity index (χ2n) is 7.63. The lowest BCUT2D eigenvalue weighted by atomic mass is 9.95. The van der Waals surface area contributed by atoms with E-state index in [1.165, 1.54) is 24.1 Å². The first-order valence-corrected chi connectivity index (χ1v) is 10.8. The molecule has 29 heavy (non-hydrogen) atoms. The van der Waals surface area contributed by atoms with Gasteiger partial charge in [-0.05, 0) is 44.0 Å². The van der Waals surface area contributed by atoms with Crippen LogP contribution >= 0.6 is 0 Å². The van der Waals surface area contributed by atoms with Crippen LogP contribution in [0.2, 0.25) is 0 Å². The van der Waals surface area contributed by atoms with Gasteiger partial charge < -0.3 is 18.9 Å². The number of carbonyl (C=O) groups is 1. The molecule has 1 aromatic heterocycles. The van der Waals surface area contributed by atoms with Gasteiger partial charge in [-0.2, -0.15) is 0 Å². The first-order chi connectivity index (χ1) is 14.1. The molecule has 2 atom stereocenters. The van der Waals surface area contributed by atoms with Gasteiger partial charge in [-0.1, -0.05) is 19.8 Å². The Morgan fingerprint density at radius 1 is 1.24 bits per heavy atom. The molecule has 1 aromatic carbocycles. The molecule has 6 nitrogen and oxygen atoms in total. The number of hydrogen-bond donors (Lipinski definition) is 0. The number of anilines is 1. The second kappa shape index (κ2) is 10.3. The Bertz CT molecular complexity index is 776. The molecule has 2 unspecified atom stereocenters. The molecular formula is C23H33N3O3. The summed E-state index contributed by atoms with van der Waals surface area (Å²) in [6.45, 7) is 8.95. The zero-order chi connectivity index (χ0) is 20.6. The number of unbranched alkanes of at least 4 members (excludes halogenated alkanes) is 2. The molecule has 0 saturated carbocycles. The largest absolute Gasteiger partial charge is 0.494 e. The lowest BCUT2D eigenvalue weighted by Gasteiger charge is -2.27. The highest BCUT2D eigenvalue weighted by molar-refractivity contribution is 5.71. The van der Waals surface area contributed by atoms with Crippen LogP contribution in [0.15, 0.2) is 36.9 Å². The van der Waals surface area contributed by atoms with E-state index in [1.807, 2.05) is 25.6 Å². The summed E-state index contributed by atoms with van der Waals surface area (Å²) in [5.41, 5.74) is 2.47. The van der Waals surface area contributed by atoms with Crippen molar-refractivity contribution in [2.24, 2.45) is 0 Å². The topological polar surface area (TPSA) is 56.6 Å². The number of aromatic nitrogens is 2. The van der Waals surface area contributed by atoms with Gasteiger partial charge in [0.15, 0.2) is 0 Å². The third-order valence-corrected chi connectivity index (χ3v) is 5.63. The third kappa shape index (κ3) is 5.31. The number of benzene rings is 1. The van der Waals surface area contributed by atoms with Crippen LogP contribution in [0.3, 0.4) is 0 Å². The molecule has 0 saturated heterocycles. The SMILES string of the molecule is CCCCCOc1ccc2c(c1)C(Cn1ccnc1)C(C)N2CCC(=O)OCC. The predicted molar refractivity (Wildman–Crippen MR) is 114 cm³/mol. The molecule has 0 fully saturated rings. The Kier molecular flexibility index (Phi) is 7.55. The fourth-order valence-corrected chi connectivity index (χ4v) is 4.06. The Morgan fingerprint density at radius 3 is 2.83 bits per heavy atom. The van der Waals surface area contributed by atoms with Gasteiger partial charge in [0, 0.05) is 43.1 Å². The first-order valence-electron chi connectivity index (χ1n) is 10.8. The van der Waals surface area contributed by atoms with Crippen LogP contribution in [-0.4, -0.2) is 41.3 Å². The van der Waals surface area contributed by atoms with E-state index in [9.17, 15) is 4.79 Å². The Labute approximate surface area is 173 Å². The van der Waals surface area contributed by atoms with Crippen LogP contribution < -0.4 is 9.64 Å². The van der Waals surface area contributed by atoms with Crippen LogP contribution in [0.1, 0.15) is 57.9 Å². The number of ether oxygens (including phenoxy) is 2. The molecular weight excluding hydrogens is 366 g/mol. The van der Waals surface area contributed by atoms with Gasteiger partial charge in [0.05, 0.1) is 26.0 Å². The van der Waals surface area contributed by atoms with Crippen molar-refractivity contribution in [3.05, 3.63) is 42.5 Å². The van der Waals surface area contributed by atoms with E-state index < -0.39 is 0 Å². The quantitative estimate of drug-likeness (QED) is 0.414. The number of nitrogens with zero attached hydrogens (tertiary/aromatic N) is 3. The zero-order valence-corrected chi connectivity index (χ0v) is 17.8. The van der Waals surface area contributed by atoms with Crippen molar-refractivity contribution in [1.29, 1.82) is 0 Å². The van der Waals surface area contributed by atoms with E-state index in [4.69, 9.17) is 9.47 Å². The average Bonchev–Trinajstić information content (AvgIpc) is 3.31. The van der Waals surface area contributed by atoms with E-state index >= 15 is 0 Å². The minimum Gasteiger partial charge on any atom is -0.494 e. The highest BCUT2D eigenvalue weighted by Crippen LogP contribution is 2.43. The van der Waals surface area contributed by atoms with Crippen molar-refractivity contribution >= 4 is 11.7 Å². The normalized spacial score (nSPS) is 18.0. The molecule has 0 amide bonds. The summed E-state index contributed by atoms with van der Waals surface area (Å²) in [6.07, 6.45) is 9.52. The van der Waals surface area contributed by atoms with Crippen LogP contribution in [-0.2, 0) is 16.1 Å². The van der Waals surface area contributed by atoms with Gasteiger partial charge in [0.2, 0.25) is 0 Å². The van der Waals surface area contributed by atoms with Crippen LogP contribution in [0.5, 0.6) is 5.75 Å². The molecule has 1 aliphatic rings. The molecule has 0 bridgehead atoms. The lowest BCUT2D eigenvalue weighted by molar-refractivity contribution is -0.142. The molecule has 0 radical (unpaired) electrons. The van der Waals surface area contributed by atoms with Gasteiger partial charge in [0.25, 0.3) is 0 Å². The van der Waals surface area contributed by atoms with E-state index in [2.05, 4.69) is 46.5 Å². The van der Waals surface area contributed by atoms with E-state index in [0.717, 1.165) is 25.3 Å². The van der Waals surface area contributed by atoms with Crippen LogP contribution in [0, 0.1) is 0 Å². The predicted octanol–water partition coefficient (Wildman–Crippen LogP) is 4.40. The second-order valence-corrected chi connectivity index (χ2v) is 7.63. The summed E-state index contributed by atoms with van der Waals surface area (Å²) in [5, 5.41) is 0. The number of rotatable bonds is 11. The number of hydrogen-bond acceptors (Lipinski definition) is 5. The Hall–Kier alpha value is -2.50. The Balaban J connectivity index is 1.78. The minimum atomic E-state index is -0.143. The molecule has 6 heteroatoms. The van der Waals surface area contributed by atoms with Crippen LogP contribution in [0.4, 0.5) is 5.69 Å². The number of carbonyl (C=O) groups excluding carboxylic acids is 1. The number of imidazole rings is 1. The molecule has 0 aliphatic carbocycles. The summed E-state index contributed by atoms with van der Waals surface area (Å²) in [4.78, 5) is 18.4. The Morgan fingerprint density at radius 2 is 2.10 bits per heavy atom. The monoisotopic (exact) mass is 399 g/mol. The van der Waals surface area contributed by atoms with E-state index in [-0.39, 0.29) is 12.0 Å². The van der Waals surface area contributed by atoms with Crippen molar-refractivity contribution < 1.29 is 14.3 Å². The van der Waals surface area contributed by atoms with Gasteiger partial charge in [-0.3, -0.25) is 4.79 Å². The first kappa shape index (κ1) is 21.2. The fourth-order valence-electron chi connectivity index (χ4n) is 4.06. The van der Waals surface area contributed by atoms with Crippen molar-refractivity contribution in [1.82, 2.24) is 9.55 Å². The van der Waals surface area contributed by atoms with Gasteiger partial charge in [-0.15, -0.1) is 0 Å². The smallest absolute Gasteiger partial charge is 0.307 e. The van der Waals surface area contributed by atoms with Crippen molar-refractivity contribution in [2.45, 2.75) is 65.0 Å². The summed E-state index contributed by atoms with van der Waals surface area (Å²) < 4.78 is 13.2. The fraction of sp³-hybridized carbons (Fsp3) is 0.565. The maximum absolute atomic E-state index is 11.9. The highest BCUT2D eigenvalue weighted by atomic mass is 16.5. The maximum Gasteiger partial charge on any atom is 0.307 e. The molecule has 158 valence electrons. The van der Waals surface area contributed by atoms with Gasteiger partial charge >= 0.3 is 5.97 Å². The molecule has 2 heterocycles. The van der Waals surface area contributed by atoms with Crippen molar-refractivity contribution in [3.63, 3.8) is 0 Å². The zero-order valence-electron chi connectivity index (χ0n) is 17.8. The van der Waals surface area contributed by atoms with Crippen LogP contribution in [0.25, 0.3) is 0 Å². The molecule has 0 N–H and O–H groups in total. The highest BCUT2D eigenvalue weighted by Gasteiger charge is 2.36. The van der Waals surface area contributed by atoms with Crippen molar-refractivity contribution in [3.8, 4) is 5.75 Å². The molecule has 1 aliphatic heterocycles. The van der Waals surface area contributed by atoms with Gasteiger partial charge in [-0.25, -0.2) is 4.98 Å². The third-order valence-electron chi connectivity index (χ3n) is 5.63. The van der Waals surface area contributed by atoms with E-state index in [0.29, 0.717) is 25.5 Å². The standard InChI is InChI=1S/C23H33N3O3/c1-4-6-7-14-29-19-8-9-22-20(15-19)21(16-25-13-11-24-17-25)18(3)26(22)12-10-23(27)28-5-2/h8-9,11,13,15,17-18,21H,4-7,10,12,14,16H2,1-3H3. The molecule has 3 rings (SSSR count). The maximum atomic E-state index is 11.9. The average molecular weight is 400 g/mol. The lowest BCUT2D eigenvalue weighted by Crippen LogP contribution is -2.34.